The molecule has 2 aliphatic heterocycles. The number of para-hydroxylation sites is 1. The van der Waals surface area contributed by atoms with Crippen LogP contribution in [0.2, 0.25) is 0 Å². The summed E-state index contributed by atoms with van der Waals surface area (Å²) in [5, 5.41) is 4.42. The third-order valence-corrected chi connectivity index (χ3v) is 8.43. The molecule has 0 bridgehead atoms. The first-order chi connectivity index (χ1) is 16.2. The summed E-state index contributed by atoms with van der Waals surface area (Å²) in [7, 11) is 0. The van der Waals surface area contributed by atoms with Gasteiger partial charge in [0.15, 0.2) is 0 Å². The number of amides is 2. The number of piperidine rings is 2. The van der Waals surface area contributed by atoms with Crippen LogP contribution in [0.25, 0.3) is 10.2 Å². The van der Waals surface area contributed by atoms with Crippen molar-refractivity contribution in [3.05, 3.63) is 65.2 Å². The molecule has 0 aliphatic carbocycles. The number of likely N-dealkylation sites (tertiary alicyclic amines) is 2. The molecular weight excluding hydrogens is 428 g/mol. The third kappa shape index (κ3) is 5.74. The molecule has 0 atom stereocenters. The molecular formula is C27H34N4OS. The largest absolute Gasteiger partial charge is 0.338 e. The van der Waals surface area contributed by atoms with E-state index in [-0.39, 0.29) is 6.03 Å². The van der Waals surface area contributed by atoms with Gasteiger partial charge in [0.05, 0.1) is 15.2 Å². The highest BCUT2D eigenvalue weighted by Crippen LogP contribution is 2.33. The molecule has 2 fully saturated rings. The summed E-state index contributed by atoms with van der Waals surface area (Å²) in [6.07, 6.45) is 5.57. The Morgan fingerprint density at radius 2 is 1.67 bits per heavy atom. The zero-order valence-electron chi connectivity index (χ0n) is 19.3. The number of carbonyl (C=O) groups excluding carboxylic acids is 1. The molecule has 5 rings (SSSR count). The molecule has 3 aromatic rings. The van der Waals surface area contributed by atoms with E-state index in [4.69, 9.17) is 4.98 Å². The fourth-order valence-corrected chi connectivity index (χ4v) is 6.30. The van der Waals surface area contributed by atoms with Gasteiger partial charge in [-0.25, -0.2) is 9.78 Å². The van der Waals surface area contributed by atoms with Crippen LogP contribution in [0.5, 0.6) is 0 Å². The maximum atomic E-state index is 12.7. The first-order valence-electron chi connectivity index (χ1n) is 12.4. The summed E-state index contributed by atoms with van der Waals surface area (Å²) >= 11 is 1.81. The van der Waals surface area contributed by atoms with E-state index in [0.717, 1.165) is 70.0 Å². The number of nitrogens with zero attached hydrogens (tertiary/aromatic N) is 3. The average molecular weight is 463 g/mol. The van der Waals surface area contributed by atoms with Crippen molar-refractivity contribution in [1.82, 2.24) is 20.1 Å². The molecule has 3 heterocycles. The number of carbonyl (C=O) groups is 1. The summed E-state index contributed by atoms with van der Waals surface area (Å²) < 4.78 is 1.26. The molecule has 1 N–H and O–H groups in total. The zero-order chi connectivity index (χ0) is 22.5. The predicted octanol–water partition coefficient (Wildman–Crippen LogP) is 5.49. The van der Waals surface area contributed by atoms with Gasteiger partial charge < -0.3 is 10.2 Å². The standard InChI is InChI=1S/C27H34N4OS/c32-27(28-15-10-21-11-16-30(17-12-21)20-22-6-2-1-3-7-22)31-18-13-23(14-19-31)26-29-24-8-4-5-9-25(24)33-26/h1-9,21,23H,10-20H2,(H,28,32). The van der Waals surface area contributed by atoms with E-state index >= 15 is 0 Å². The van der Waals surface area contributed by atoms with Crippen molar-refractivity contribution in [2.75, 3.05) is 32.7 Å². The van der Waals surface area contributed by atoms with Crippen LogP contribution < -0.4 is 5.32 Å². The first kappa shape index (κ1) is 22.4. The van der Waals surface area contributed by atoms with E-state index in [1.165, 1.54) is 28.1 Å². The quantitative estimate of drug-likeness (QED) is 0.527. The Balaban J connectivity index is 0.997. The number of thiazole rings is 1. The fourth-order valence-electron chi connectivity index (χ4n) is 5.16. The molecule has 174 valence electrons. The third-order valence-electron chi connectivity index (χ3n) is 7.23. The van der Waals surface area contributed by atoms with Crippen LogP contribution in [-0.2, 0) is 6.54 Å². The van der Waals surface area contributed by atoms with Crippen molar-refractivity contribution < 1.29 is 4.79 Å². The SMILES string of the molecule is O=C(NCCC1CCN(Cc2ccccc2)CC1)N1CCC(c2nc3ccccc3s2)CC1. The predicted molar refractivity (Wildman–Crippen MR) is 136 cm³/mol. The summed E-state index contributed by atoms with van der Waals surface area (Å²) in [6.45, 7) is 5.81. The van der Waals surface area contributed by atoms with Crippen LogP contribution >= 0.6 is 11.3 Å². The lowest BCUT2D eigenvalue weighted by atomic mass is 9.93. The highest BCUT2D eigenvalue weighted by Gasteiger charge is 2.26. The molecule has 5 nitrogen and oxygen atoms in total. The Morgan fingerprint density at radius 1 is 0.939 bits per heavy atom. The number of hydrogen-bond acceptors (Lipinski definition) is 4. The Hall–Kier alpha value is -2.44. The van der Waals surface area contributed by atoms with E-state index in [1.807, 2.05) is 22.3 Å². The number of urea groups is 1. The minimum atomic E-state index is 0.110. The molecule has 2 amide bonds. The van der Waals surface area contributed by atoms with E-state index in [0.29, 0.717) is 5.92 Å². The van der Waals surface area contributed by atoms with Crippen LogP contribution in [0.15, 0.2) is 54.6 Å². The van der Waals surface area contributed by atoms with Crippen LogP contribution in [-0.4, -0.2) is 53.5 Å². The van der Waals surface area contributed by atoms with Crippen molar-refractivity contribution in [2.24, 2.45) is 5.92 Å². The molecule has 33 heavy (non-hydrogen) atoms. The van der Waals surface area contributed by atoms with Crippen molar-refractivity contribution in [2.45, 2.75) is 44.6 Å². The molecule has 2 aromatic carbocycles. The van der Waals surface area contributed by atoms with Crippen molar-refractivity contribution >= 4 is 27.6 Å². The molecule has 2 saturated heterocycles. The Labute approximate surface area is 200 Å². The van der Waals surface area contributed by atoms with Gasteiger partial charge in [0.2, 0.25) is 0 Å². The van der Waals surface area contributed by atoms with Gasteiger partial charge in [-0.2, -0.15) is 0 Å². The van der Waals surface area contributed by atoms with Crippen LogP contribution in [0, 0.1) is 5.92 Å². The van der Waals surface area contributed by atoms with E-state index in [2.05, 4.69) is 58.7 Å². The fraction of sp³-hybridized carbons (Fsp3) is 0.481. The lowest BCUT2D eigenvalue weighted by molar-refractivity contribution is 0.166. The van der Waals surface area contributed by atoms with Crippen LogP contribution in [0.4, 0.5) is 4.79 Å². The van der Waals surface area contributed by atoms with Gasteiger partial charge in [-0.1, -0.05) is 42.5 Å². The van der Waals surface area contributed by atoms with E-state index in [9.17, 15) is 4.79 Å². The Kier molecular flexibility index (Phi) is 7.22. The number of hydrogen-bond donors (Lipinski definition) is 1. The normalized spacial score (nSPS) is 18.6. The number of benzene rings is 2. The average Bonchev–Trinajstić information content (AvgIpc) is 3.30. The summed E-state index contributed by atoms with van der Waals surface area (Å²) in [5.74, 6) is 1.20. The minimum Gasteiger partial charge on any atom is -0.338 e. The number of rotatable bonds is 6. The first-order valence-corrected chi connectivity index (χ1v) is 13.2. The monoisotopic (exact) mass is 462 g/mol. The van der Waals surface area contributed by atoms with Crippen LogP contribution in [0.1, 0.15) is 48.6 Å². The van der Waals surface area contributed by atoms with Crippen molar-refractivity contribution in [3.8, 4) is 0 Å². The summed E-state index contributed by atoms with van der Waals surface area (Å²) in [4.78, 5) is 22.1. The van der Waals surface area contributed by atoms with E-state index < -0.39 is 0 Å². The molecule has 0 radical (unpaired) electrons. The second-order valence-corrected chi connectivity index (χ2v) is 10.6. The minimum absolute atomic E-state index is 0.110. The Morgan fingerprint density at radius 3 is 2.42 bits per heavy atom. The maximum Gasteiger partial charge on any atom is 0.317 e. The second kappa shape index (κ2) is 10.7. The summed E-state index contributed by atoms with van der Waals surface area (Å²) in [5.41, 5.74) is 2.50. The highest BCUT2D eigenvalue weighted by atomic mass is 32.1. The van der Waals surface area contributed by atoms with Gasteiger partial charge in [0, 0.05) is 32.1 Å². The number of nitrogens with one attached hydrogen (secondary N) is 1. The zero-order valence-corrected chi connectivity index (χ0v) is 20.1. The number of aromatic nitrogens is 1. The summed E-state index contributed by atoms with van der Waals surface area (Å²) in [6, 6.07) is 19.2. The number of fused-ring (bicyclic) bond motifs is 1. The van der Waals surface area contributed by atoms with Gasteiger partial charge in [-0.15, -0.1) is 11.3 Å². The second-order valence-electron chi connectivity index (χ2n) is 9.51. The van der Waals surface area contributed by atoms with Crippen LogP contribution in [0.3, 0.4) is 0 Å². The molecule has 0 saturated carbocycles. The lowest BCUT2D eigenvalue weighted by Crippen LogP contribution is -2.44. The topological polar surface area (TPSA) is 48.5 Å². The van der Waals surface area contributed by atoms with E-state index in [1.54, 1.807) is 0 Å². The molecule has 1 aromatic heterocycles. The highest BCUT2D eigenvalue weighted by molar-refractivity contribution is 7.18. The molecule has 0 spiro atoms. The van der Waals surface area contributed by atoms with Gasteiger partial charge in [0.25, 0.3) is 0 Å². The van der Waals surface area contributed by atoms with Crippen molar-refractivity contribution in [1.29, 1.82) is 0 Å². The molecule has 0 unspecified atom stereocenters. The molecule has 2 aliphatic rings. The molecule has 6 heteroatoms. The van der Waals surface area contributed by atoms with Crippen molar-refractivity contribution in [3.63, 3.8) is 0 Å². The Bertz CT molecular complexity index is 1000. The van der Waals surface area contributed by atoms with Gasteiger partial charge in [0.1, 0.15) is 0 Å². The lowest BCUT2D eigenvalue weighted by Gasteiger charge is -2.33. The van der Waals surface area contributed by atoms with Gasteiger partial charge in [-0.3, -0.25) is 4.90 Å². The van der Waals surface area contributed by atoms with Gasteiger partial charge >= 0.3 is 6.03 Å². The maximum absolute atomic E-state index is 12.7. The smallest absolute Gasteiger partial charge is 0.317 e. The van der Waals surface area contributed by atoms with Gasteiger partial charge in [-0.05, 0) is 68.8 Å².